The zero-order chi connectivity index (χ0) is 14.0. The minimum absolute atomic E-state index is 0.238. The van der Waals surface area contributed by atoms with Gasteiger partial charge in [-0.3, -0.25) is 0 Å². The molecule has 0 aliphatic heterocycles. The summed E-state index contributed by atoms with van der Waals surface area (Å²) < 4.78 is 5.99. The van der Waals surface area contributed by atoms with Crippen LogP contribution in [0.5, 0.6) is 5.75 Å². The van der Waals surface area contributed by atoms with Crippen molar-refractivity contribution in [2.45, 2.75) is 6.92 Å². The Kier molecular flexibility index (Phi) is 4.06. The minimum Gasteiger partial charge on any atom is -0.497 e. The van der Waals surface area contributed by atoms with Gasteiger partial charge in [-0.2, -0.15) is 0 Å². The second-order valence-corrected chi connectivity index (χ2v) is 5.56. The molecule has 0 fully saturated rings. The topological polar surface area (TPSA) is 71.5 Å². The van der Waals surface area contributed by atoms with Gasteiger partial charge in [-0.05, 0) is 35.0 Å². The van der Waals surface area contributed by atoms with Crippen molar-refractivity contribution in [1.82, 2.24) is 4.98 Å². The van der Waals surface area contributed by atoms with E-state index in [1.165, 1.54) is 0 Å². The number of aromatic carboxylic acids is 1. The first kappa shape index (κ1) is 13.8. The molecule has 2 rings (SSSR count). The molecule has 0 spiro atoms. The molecular weight excluding hydrogens is 332 g/mol. The van der Waals surface area contributed by atoms with Crippen LogP contribution >= 0.6 is 27.3 Å². The van der Waals surface area contributed by atoms with Crippen LogP contribution in [0.1, 0.15) is 15.4 Å². The molecule has 1 heterocycles. The van der Waals surface area contributed by atoms with Gasteiger partial charge in [0.15, 0.2) is 5.13 Å². The lowest BCUT2D eigenvalue weighted by Crippen LogP contribution is -1.94. The average Bonchev–Trinajstić information content (AvgIpc) is 2.73. The summed E-state index contributed by atoms with van der Waals surface area (Å²) in [6, 6.07) is 5.48. The van der Waals surface area contributed by atoms with E-state index in [1.807, 2.05) is 12.1 Å². The van der Waals surface area contributed by atoms with Gasteiger partial charge in [0.05, 0.1) is 18.5 Å². The van der Waals surface area contributed by atoms with Gasteiger partial charge in [-0.25, -0.2) is 9.78 Å². The number of anilines is 2. The maximum atomic E-state index is 11.0. The van der Waals surface area contributed by atoms with Crippen LogP contribution in [-0.4, -0.2) is 23.2 Å². The molecule has 0 saturated carbocycles. The van der Waals surface area contributed by atoms with E-state index < -0.39 is 5.97 Å². The number of carboxylic acid groups (broad SMARTS) is 1. The molecule has 0 saturated heterocycles. The molecule has 0 amide bonds. The number of nitrogens with zero attached hydrogens (tertiary/aromatic N) is 1. The first-order valence-electron chi connectivity index (χ1n) is 5.32. The highest BCUT2D eigenvalue weighted by Crippen LogP contribution is 2.32. The lowest BCUT2D eigenvalue weighted by atomic mass is 10.3. The van der Waals surface area contributed by atoms with Gasteiger partial charge >= 0.3 is 5.97 Å². The Morgan fingerprint density at radius 2 is 2.26 bits per heavy atom. The maximum absolute atomic E-state index is 11.0. The maximum Gasteiger partial charge on any atom is 0.347 e. The largest absolute Gasteiger partial charge is 0.497 e. The smallest absolute Gasteiger partial charge is 0.347 e. The van der Waals surface area contributed by atoms with Crippen molar-refractivity contribution in [3.05, 3.63) is 33.2 Å². The van der Waals surface area contributed by atoms with E-state index in [1.54, 1.807) is 20.1 Å². The number of carbonyl (C=O) groups is 1. The molecule has 1 aromatic carbocycles. The van der Waals surface area contributed by atoms with Crippen molar-refractivity contribution in [2.24, 2.45) is 0 Å². The molecule has 7 heteroatoms. The van der Waals surface area contributed by atoms with Crippen LogP contribution in [0, 0.1) is 6.92 Å². The number of carboxylic acids is 1. The van der Waals surface area contributed by atoms with Gasteiger partial charge in [-0.15, -0.1) is 0 Å². The van der Waals surface area contributed by atoms with Gasteiger partial charge in [0.25, 0.3) is 0 Å². The monoisotopic (exact) mass is 342 g/mol. The fraction of sp³-hybridized carbons (Fsp3) is 0.167. The summed E-state index contributed by atoms with van der Waals surface area (Å²) in [5, 5.41) is 12.6. The number of hydrogen-bond acceptors (Lipinski definition) is 5. The van der Waals surface area contributed by atoms with Gasteiger partial charge in [0.1, 0.15) is 10.6 Å². The van der Waals surface area contributed by atoms with Gasteiger partial charge < -0.3 is 15.2 Å². The quantitative estimate of drug-likeness (QED) is 0.886. The highest BCUT2D eigenvalue weighted by molar-refractivity contribution is 9.10. The van der Waals surface area contributed by atoms with Crippen LogP contribution < -0.4 is 10.1 Å². The zero-order valence-electron chi connectivity index (χ0n) is 10.2. The summed E-state index contributed by atoms with van der Waals surface area (Å²) >= 11 is 4.52. The molecule has 100 valence electrons. The van der Waals surface area contributed by atoms with Crippen molar-refractivity contribution < 1.29 is 14.6 Å². The molecule has 0 aliphatic carbocycles. The van der Waals surface area contributed by atoms with E-state index >= 15 is 0 Å². The second kappa shape index (κ2) is 5.58. The van der Waals surface area contributed by atoms with Crippen molar-refractivity contribution >= 4 is 44.1 Å². The Morgan fingerprint density at radius 3 is 2.84 bits per heavy atom. The molecular formula is C12H11BrN2O3S. The number of aromatic nitrogens is 1. The number of nitrogens with one attached hydrogen (secondary N) is 1. The van der Waals surface area contributed by atoms with Crippen LogP contribution in [0.3, 0.4) is 0 Å². The lowest BCUT2D eigenvalue weighted by molar-refractivity contribution is 0.0701. The summed E-state index contributed by atoms with van der Waals surface area (Å²) in [5.74, 6) is -0.259. The average molecular weight is 343 g/mol. The first-order valence-corrected chi connectivity index (χ1v) is 6.93. The fourth-order valence-corrected chi connectivity index (χ4v) is 2.65. The van der Waals surface area contributed by atoms with Gasteiger partial charge in [0, 0.05) is 10.5 Å². The normalized spacial score (nSPS) is 10.3. The molecule has 5 nitrogen and oxygen atoms in total. The predicted molar refractivity (Wildman–Crippen MR) is 77.8 cm³/mol. The number of ether oxygens (including phenoxy) is 1. The van der Waals surface area contributed by atoms with E-state index in [2.05, 4.69) is 26.2 Å². The number of methoxy groups -OCH3 is 1. The Balaban J connectivity index is 2.30. The van der Waals surface area contributed by atoms with Crippen LogP contribution in [-0.2, 0) is 0 Å². The van der Waals surface area contributed by atoms with Crippen molar-refractivity contribution in [3.8, 4) is 5.75 Å². The molecule has 0 atom stereocenters. The predicted octanol–water partition coefficient (Wildman–Crippen LogP) is 3.66. The van der Waals surface area contributed by atoms with Crippen LogP contribution in [0.2, 0.25) is 0 Å². The SMILES string of the molecule is COc1ccc(Br)c(Nc2nc(C)c(C(=O)O)s2)c1. The molecule has 0 radical (unpaired) electrons. The summed E-state index contributed by atoms with van der Waals surface area (Å²) in [5.41, 5.74) is 1.27. The number of thiazole rings is 1. The summed E-state index contributed by atoms with van der Waals surface area (Å²) in [6.07, 6.45) is 0. The molecule has 0 unspecified atom stereocenters. The van der Waals surface area contributed by atoms with Gasteiger partial charge in [0.2, 0.25) is 0 Å². The van der Waals surface area contributed by atoms with Crippen LogP contribution in [0.4, 0.5) is 10.8 Å². The van der Waals surface area contributed by atoms with Crippen LogP contribution in [0.25, 0.3) is 0 Å². The van der Waals surface area contributed by atoms with E-state index in [0.29, 0.717) is 16.6 Å². The van der Waals surface area contributed by atoms with E-state index in [9.17, 15) is 4.79 Å². The standard InChI is InChI=1S/C12H11BrN2O3S/c1-6-10(11(16)17)19-12(14-6)15-9-5-7(18-2)3-4-8(9)13/h3-5H,1-2H3,(H,14,15)(H,16,17). The van der Waals surface area contributed by atoms with Crippen LogP contribution in [0.15, 0.2) is 22.7 Å². The number of rotatable bonds is 4. The third kappa shape index (κ3) is 3.05. The van der Waals surface area contributed by atoms with Crippen molar-refractivity contribution in [2.75, 3.05) is 12.4 Å². The Labute approximate surface area is 122 Å². The summed E-state index contributed by atoms with van der Waals surface area (Å²) in [7, 11) is 1.59. The Hall–Kier alpha value is -1.60. The number of halogens is 1. The van der Waals surface area contributed by atoms with E-state index in [-0.39, 0.29) is 4.88 Å². The summed E-state index contributed by atoms with van der Waals surface area (Å²) in [4.78, 5) is 15.4. The molecule has 1 aromatic heterocycles. The van der Waals surface area contributed by atoms with E-state index in [0.717, 1.165) is 21.5 Å². The third-order valence-corrected chi connectivity index (χ3v) is 4.16. The number of hydrogen-bond donors (Lipinski definition) is 2. The minimum atomic E-state index is -0.965. The number of benzene rings is 1. The molecule has 2 aromatic rings. The Morgan fingerprint density at radius 1 is 1.53 bits per heavy atom. The Bertz CT molecular complexity index is 627. The molecule has 19 heavy (non-hydrogen) atoms. The highest BCUT2D eigenvalue weighted by atomic mass is 79.9. The highest BCUT2D eigenvalue weighted by Gasteiger charge is 2.14. The molecule has 0 aliphatic rings. The van der Waals surface area contributed by atoms with Gasteiger partial charge in [-0.1, -0.05) is 11.3 Å². The summed E-state index contributed by atoms with van der Waals surface area (Å²) in [6.45, 7) is 1.67. The molecule has 2 N–H and O–H groups in total. The first-order chi connectivity index (χ1) is 9.01. The fourth-order valence-electron chi connectivity index (χ4n) is 1.49. The zero-order valence-corrected chi connectivity index (χ0v) is 12.6. The second-order valence-electron chi connectivity index (χ2n) is 3.71. The third-order valence-electron chi connectivity index (χ3n) is 2.41. The van der Waals surface area contributed by atoms with Crippen molar-refractivity contribution in [1.29, 1.82) is 0 Å². The lowest BCUT2D eigenvalue weighted by Gasteiger charge is -2.07. The van der Waals surface area contributed by atoms with Crippen molar-refractivity contribution in [3.63, 3.8) is 0 Å². The van der Waals surface area contributed by atoms with E-state index in [4.69, 9.17) is 9.84 Å². The number of aryl methyl sites for hydroxylation is 1. The molecule has 0 bridgehead atoms.